The van der Waals surface area contributed by atoms with E-state index in [1.165, 1.54) is 64.2 Å². The van der Waals surface area contributed by atoms with Gasteiger partial charge in [-0.05, 0) is 110 Å². The lowest BCUT2D eigenvalue weighted by Crippen LogP contribution is -2.67. The SMILES string of the molecule is C=C(C)[C@@]12C[C@@H](OC(=O)CCCCCCCCCCCCC)[C@]3(CC[C@]4(C)[C@H](CC[C@@H]5[C@@]6(C)CC[C@@H](O)C(C)(C)[C@@H]6CC[C@]54C)[C@H]31)C(=O)O2. The molecule has 5 saturated carbocycles. The van der Waals surface area contributed by atoms with Crippen LogP contribution in [0.1, 0.15) is 183 Å². The number of carbonyl (C=O) groups is 2. The number of hydrogen-bond acceptors (Lipinski definition) is 5. The fourth-order valence-electron chi connectivity index (χ4n) is 14.2. The third kappa shape index (κ3) is 5.62. The molecule has 278 valence electrons. The molecule has 6 rings (SSSR count). The first-order chi connectivity index (χ1) is 23.1. The zero-order valence-electron chi connectivity index (χ0n) is 32.6. The molecule has 1 N–H and O–H groups in total. The standard InChI is InChI=1S/C44H72O5/c1-9-10-11-12-13-14-15-16-17-18-19-20-36(46)48-35-29-44(30(2)3)37-31-21-22-33-40(6)25-24-34(45)39(4,5)32(40)23-26-42(33,8)41(31,7)27-28-43(35,37)38(47)49-44/h31-35,37,45H,2,9-29H2,1,3-8H3/t31-,32+,33-,34-,35-,37-,40+,41-,42-,43+,44+/m1/s1. The molecule has 5 heteroatoms. The summed E-state index contributed by atoms with van der Waals surface area (Å²) in [6.07, 6.45) is 22.4. The van der Waals surface area contributed by atoms with Crippen LogP contribution in [0.5, 0.6) is 0 Å². The van der Waals surface area contributed by atoms with Crippen LogP contribution in [0.25, 0.3) is 0 Å². The summed E-state index contributed by atoms with van der Waals surface area (Å²) in [5.74, 6) is 1.18. The number of ether oxygens (including phenoxy) is 2. The number of unbranched alkanes of at least 4 members (excludes halogenated alkanes) is 10. The molecule has 6 fully saturated rings. The van der Waals surface area contributed by atoms with Crippen LogP contribution in [0.2, 0.25) is 0 Å². The molecule has 1 heterocycles. The summed E-state index contributed by atoms with van der Waals surface area (Å²) < 4.78 is 12.9. The van der Waals surface area contributed by atoms with Gasteiger partial charge in [0.15, 0.2) is 0 Å². The maximum Gasteiger partial charge on any atom is 0.317 e. The van der Waals surface area contributed by atoms with Gasteiger partial charge in [-0.15, -0.1) is 0 Å². The summed E-state index contributed by atoms with van der Waals surface area (Å²) in [5.41, 5.74) is -0.235. The van der Waals surface area contributed by atoms with E-state index >= 15 is 0 Å². The van der Waals surface area contributed by atoms with Crippen LogP contribution in [-0.4, -0.2) is 34.9 Å². The van der Waals surface area contributed by atoms with Gasteiger partial charge in [0.25, 0.3) is 0 Å². The highest BCUT2D eigenvalue weighted by Gasteiger charge is 2.82. The van der Waals surface area contributed by atoms with Crippen molar-refractivity contribution >= 4 is 11.9 Å². The zero-order valence-corrected chi connectivity index (χ0v) is 32.6. The number of aliphatic hydroxyl groups excluding tert-OH is 1. The first-order valence-electron chi connectivity index (χ1n) is 20.9. The maximum absolute atomic E-state index is 14.2. The summed E-state index contributed by atoms with van der Waals surface area (Å²) in [7, 11) is 0. The van der Waals surface area contributed by atoms with Crippen molar-refractivity contribution in [3.63, 3.8) is 0 Å². The van der Waals surface area contributed by atoms with Crippen molar-refractivity contribution in [2.24, 2.45) is 50.7 Å². The number of carbonyl (C=O) groups excluding carboxylic acids is 2. The van der Waals surface area contributed by atoms with E-state index in [-0.39, 0.29) is 45.6 Å². The molecule has 0 spiro atoms. The Balaban J connectivity index is 1.14. The Bertz CT molecular complexity index is 1260. The average molecular weight is 681 g/mol. The number of fused-ring (bicyclic) bond motifs is 5. The van der Waals surface area contributed by atoms with Crippen LogP contribution in [-0.2, 0) is 19.1 Å². The Morgan fingerprint density at radius 3 is 2.08 bits per heavy atom. The van der Waals surface area contributed by atoms with Crippen LogP contribution >= 0.6 is 0 Å². The van der Waals surface area contributed by atoms with Gasteiger partial charge in [-0.2, -0.15) is 0 Å². The fourth-order valence-corrected chi connectivity index (χ4v) is 14.2. The molecule has 1 saturated heterocycles. The second kappa shape index (κ2) is 13.6. The molecule has 0 aromatic heterocycles. The smallest absolute Gasteiger partial charge is 0.317 e. The normalized spacial score (nSPS) is 44.7. The third-order valence-electron chi connectivity index (χ3n) is 17.1. The lowest BCUT2D eigenvalue weighted by molar-refractivity contribution is -0.247. The molecule has 0 aromatic carbocycles. The number of rotatable bonds is 14. The topological polar surface area (TPSA) is 72.8 Å². The molecule has 1 aliphatic heterocycles. The minimum atomic E-state index is -0.753. The Hall–Kier alpha value is -1.36. The van der Waals surface area contributed by atoms with Gasteiger partial charge in [-0.25, -0.2) is 0 Å². The zero-order chi connectivity index (χ0) is 35.5. The van der Waals surface area contributed by atoms with E-state index in [1.807, 2.05) is 6.92 Å². The molecule has 0 aromatic rings. The highest BCUT2D eigenvalue weighted by molar-refractivity contribution is 5.85. The monoisotopic (exact) mass is 681 g/mol. The molecular formula is C44H72O5. The minimum Gasteiger partial charge on any atom is -0.461 e. The molecule has 6 aliphatic rings. The quantitative estimate of drug-likeness (QED) is 0.112. The van der Waals surface area contributed by atoms with Crippen LogP contribution < -0.4 is 0 Å². The fraction of sp³-hybridized carbons (Fsp3) is 0.909. The van der Waals surface area contributed by atoms with Crippen molar-refractivity contribution in [3.8, 4) is 0 Å². The van der Waals surface area contributed by atoms with E-state index in [0.29, 0.717) is 30.6 Å². The summed E-state index contributed by atoms with van der Waals surface area (Å²) in [6, 6.07) is 0. The van der Waals surface area contributed by atoms with E-state index in [9.17, 15) is 14.7 Å². The van der Waals surface area contributed by atoms with Gasteiger partial charge in [0, 0.05) is 18.8 Å². The van der Waals surface area contributed by atoms with E-state index in [0.717, 1.165) is 63.4 Å². The molecule has 5 aliphatic carbocycles. The van der Waals surface area contributed by atoms with E-state index in [1.54, 1.807) is 0 Å². The molecular weight excluding hydrogens is 608 g/mol. The first kappa shape index (κ1) is 37.4. The van der Waals surface area contributed by atoms with Gasteiger partial charge in [-0.3, -0.25) is 9.59 Å². The summed E-state index contributed by atoms with van der Waals surface area (Å²) >= 11 is 0. The van der Waals surface area contributed by atoms with Gasteiger partial charge in [0.05, 0.1) is 6.10 Å². The van der Waals surface area contributed by atoms with Gasteiger partial charge in [0.1, 0.15) is 17.1 Å². The Morgan fingerprint density at radius 2 is 1.45 bits per heavy atom. The van der Waals surface area contributed by atoms with Crippen LogP contribution in [0.15, 0.2) is 12.2 Å². The van der Waals surface area contributed by atoms with Gasteiger partial charge in [0.2, 0.25) is 0 Å². The van der Waals surface area contributed by atoms with Gasteiger partial charge >= 0.3 is 11.9 Å². The molecule has 0 unspecified atom stereocenters. The second-order valence-corrected chi connectivity index (χ2v) is 19.6. The Morgan fingerprint density at radius 1 is 0.816 bits per heavy atom. The first-order valence-corrected chi connectivity index (χ1v) is 20.9. The summed E-state index contributed by atoms with van der Waals surface area (Å²) in [5, 5.41) is 11.1. The lowest BCUT2D eigenvalue weighted by Gasteiger charge is -2.72. The van der Waals surface area contributed by atoms with Crippen LogP contribution in [0.4, 0.5) is 0 Å². The predicted octanol–water partition coefficient (Wildman–Crippen LogP) is 10.9. The molecule has 0 radical (unpaired) electrons. The van der Waals surface area contributed by atoms with Gasteiger partial charge < -0.3 is 14.6 Å². The maximum atomic E-state index is 14.2. The van der Waals surface area contributed by atoms with E-state index in [2.05, 4.69) is 48.1 Å². The van der Waals surface area contributed by atoms with Crippen molar-refractivity contribution in [2.75, 3.05) is 0 Å². The van der Waals surface area contributed by atoms with Crippen molar-refractivity contribution < 1.29 is 24.2 Å². The number of hydrogen-bond donors (Lipinski definition) is 1. The molecule has 49 heavy (non-hydrogen) atoms. The third-order valence-corrected chi connectivity index (χ3v) is 17.1. The van der Waals surface area contributed by atoms with Crippen LogP contribution in [0, 0.1) is 50.7 Å². The average Bonchev–Trinajstić information content (AvgIpc) is 3.47. The molecule has 5 nitrogen and oxygen atoms in total. The Labute approximate surface area is 299 Å². The highest BCUT2D eigenvalue weighted by atomic mass is 16.6. The van der Waals surface area contributed by atoms with Crippen molar-refractivity contribution in [2.45, 2.75) is 201 Å². The molecule has 2 bridgehead atoms. The lowest BCUT2D eigenvalue weighted by atomic mass is 9.32. The summed E-state index contributed by atoms with van der Waals surface area (Å²) in [6.45, 7) is 21.1. The molecule has 0 amide bonds. The van der Waals surface area contributed by atoms with Crippen molar-refractivity contribution in [1.82, 2.24) is 0 Å². The number of esters is 2. The minimum absolute atomic E-state index is 0.0106. The van der Waals surface area contributed by atoms with Crippen molar-refractivity contribution in [1.29, 1.82) is 0 Å². The van der Waals surface area contributed by atoms with E-state index < -0.39 is 17.1 Å². The van der Waals surface area contributed by atoms with E-state index in [4.69, 9.17) is 9.47 Å². The largest absolute Gasteiger partial charge is 0.461 e. The number of aliphatic hydroxyl groups is 1. The summed E-state index contributed by atoms with van der Waals surface area (Å²) in [4.78, 5) is 27.6. The predicted molar refractivity (Wildman–Crippen MR) is 197 cm³/mol. The Kier molecular flexibility index (Phi) is 10.4. The van der Waals surface area contributed by atoms with Crippen LogP contribution in [0.3, 0.4) is 0 Å². The van der Waals surface area contributed by atoms with Crippen molar-refractivity contribution in [3.05, 3.63) is 12.2 Å². The van der Waals surface area contributed by atoms with Gasteiger partial charge in [-0.1, -0.05) is 112 Å². The molecule has 11 atom stereocenters. The highest BCUT2D eigenvalue weighted by Crippen LogP contribution is 2.80. The second-order valence-electron chi connectivity index (χ2n) is 19.6.